The van der Waals surface area contributed by atoms with Gasteiger partial charge in [0.2, 0.25) is 0 Å². The van der Waals surface area contributed by atoms with Crippen LogP contribution in [0.1, 0.15) is 56.3 Å². The normalized spacial score (nSPS) is 11.1. The van der Waals surface area contributed by atoms with Crippen LogP contribution in [0.3, 0.4) is 0 Å². The van der Waals surface area contributed by atoms with Crippen LogP contribution in [0.25, 0.3) is 0 Å². The van der Waals surface area contributed by atoms with E-state index in [1.54, 1.807) is 0 Å². The molecule has 21 heavy (non-hydrogen) atoms. The molecule has 1 heterocycles. The standard InChI is InChI=1S/C15H25N3O3/c1-10(2)5-7-21-8-6-16-12-9-17-14(11(3)4)18-13(12)15(19)20/h9-11,16H,5-8H2,1-4H3,(H,19,20). The second-order valence-electron chi connectivity index (χ2n) is 5.67. The van der Waals surface area contributed by atoms with Gasteiger partial charge in [0, 0.05) is 19.1 Å². The van der Waals surface area contributed by atoms with Gasteiger partial charge >= 0.3 is 5.97 Å². The van der Waals surface area contributed by atoms with Crippen molar-refractivity contribution in [2.45, 2.75) is 40.0 Å². The molecule has 0 fully saturated rings. The molecule has 0 saturated carbocycles. The van der Waals surface area contributed by atoms with Crippen molar-refractivity contribution in [1.29, 1.82) is 0 Å². The number of aromatic nitrogens is 2. The quantitative estimate of drug-likeness (QED) is 0.681. The zero-order valence-corrected chi connectivity index (χ0v) is 13.2. The maximum Gasteiger partial charge on any atom is 0.356 e. The molecule has 6 heteroatoms. The van der Waals surface area contributed by atoms with Crippen LogP contribution in [0, 0.1) is 5.92 Å². The van der Waals surface area contributed by atoms with E-state index in [9.17, 15) is 9.90 Å². The topological polar surface area (TPSA) is 84.3 Å². The second kappa shape index (κ2) is 8.56. The lowest BCUT2D eigenvalue weighted by Crippen LogP contribution is -2.16. The number of hydrogen-bond donors (Lipinski definition) is 2. The van der Waals surface area contributed by atoms with E-state index in [4.69, 9.17) is 4.74 Å². The lowest BCUT2D eigenvalue weighted by Gasteiger charge is -2.11. The molecule has 6 nitrogen and oxygen atoms in total. The van der Waals surface area contributed by atoms with Gasteiger partial charge in [0.1, 0.15) is 5.82 Å². The minimum absolute atomic E-state index is 0.0101. The minimum atomic E-state index is -1.05. The monoisotopic (exact) mass is 295 g/mol. The number of ether oxygens (including phenoxy) is 1. The third-order valence-corrected chi connectivity index (χ3v) is 2.93. The van der Waals surface area contributed by atoms with Gasteiger partial charge in [0.05, 0.1) is 18.5 Å². The first-order valence-corrected chi connectivity index (χ1v) is 7.33. The Bertz CT molecular complexity index is 461. The third-order valence-electron chi connectivity index (χ3n) is 2.93. The van der Waals surface area contributed by atoms with E-state index in [1.165, 1.54) is 6.20 Å². The first-order chi connectivity index (χ1) is 9.91. The Hall–Kier alpha value is -1.69. The van der Waals surface area contributed by atoms with Gasteiger partial charge in [-0.05, 0) is 12.3 Å². The molecule has 1 aromatic heterocycles. The summed E-state index contributed by atoms with van der Waals surface area (Å²) >= 11 is 0. The van der Waals surface area contributed by atoms with Crippen molar-refractivity contribution in [3.05, 3.63) is 17.7 Å². The van der Waals surface area contributed by atoms with Gasteiger partial charge in [-0.3, -0.25) is 0 Å². The maximum atomic E-state index is 11.2. The number of anilines is 1. The molecule has 0 radical (unpaired) electrons. The highest BCUT2D eigenvalue weighted by Crippen LogP contribution is 2.16. The van der Waals surface area contributed by atoms with Crippen molar-refractivity contribution in [2.75, 3.05) is 25.1 Å². The van der Waals surface area contributed by atoms with Crippen molar-refractivity contribution in [3.8, 4) is 0 Å². The average Bonchev–Trinajstić information content (AvgIpc) is 2.42. The van der Waals surface area contributed by atoms with Gasteiger partial charge in [-0.2, -0.15) is 0 Å². The lowest BCUT2D eigenvalue weighted by molar-refractivity contribution is 0.0690. The first-order valence-electron chi connectivity index (χ1n) is 7.33. The second-order valence-corrected chi connectivity index (χ2v) is 5.67. The predicted octanol–water partition coefficient (Wildman–Crippen LogP) is 2.77. The maximum absolute atomic E-state index is 11.2. The first kappa shape index (κ1) is 17.4. The summed E-state index contributed by atoms with van der Waals surface area (Å²) in [5, 5.41) is 12.2. The summed E-state index contributed by atoms with van der Waals surface area (Å²) in [5.74, 6) is 0.193. The molecule has 0 amide bonds. The van der Waals surface area contributed by atoms with Gasteiger partial charge in [-0.15, -0.1) is 0 Å². The van der Waals surface area contributed by atoms with Crippen molar-refractivity contribution in [2.24, 2.45) is 5.92 Å². The summed E-state index contributed by atoms with van der Waals surface area (Å²) < 4.78 is 5.48. The molecule has 1 aromatic rings. The summed E-state index contributed by atoms with van der Waals surface area (Å²) in [6.07, 6.45) is 2.55. The Labute approximate surface area is 126 Å². The summed E-state index contributed by atoms with van der Waals surface area (Å²) in [5.41, 5.74) is 0.440. The van der Waals surface area contributed by atoms with Crippen LogP contribution >= 0.6 is 0 Å². The summed E-state index contributed by atoms with van der Waals surface area (Å²) in [6, 6.07) is 0. The Kier molecular flexibility index (Phi) is 7.08. The van der Waals surface area contributed by atoms with Gasteiger partial charge in [0.25, 0.3) is 0 Å². The van der Waals surface area contributed by atoms with Gasteiger partial charge < -0.3 is 15.2 Å². The van der Waals surface area contributed by atoms with E-state index in [2.05, 4.69) is 29.1 Å². The average molecular weight is 295 g/mol. The molecule has 1 rings (SSSR count). The van der Waals surface area contributed by atoms with Crippen LogP contribution in [0.4, 0.5) is 5.69 Å². The fourth-order valence-corrected chi connectivity index (χ4v) is 1.64. The van der Waals surface area contributed by atoms with Gasteiger partial charge in [-0.1, -0.05) is 27.7 Å². The molecular weight excluding hydrogens is 270 g/mol. The molecule has 0 aliphatic rings. The van der Waals surface area contributed by atoms with Crippen molar-refractivity contribution in [3.63, 3.8) is 0 Å². The van der Waals surface area contributed by atoms with Crippen LogP contribution in [0.2, 0.25) is 0 Å². The zero-order valence-electron chi connectivity index (χ0n) is 13.2. The van der Waals surface area contributed by atoms with Crippen LogP contribution in [-0.2, 0) is 4.74 Å². The van der Waals surface area contributed by atoms with Gasteiger partial charge in [0.15, 0.2) is 5.69 Å². The SMILES string of the molecule is CC(C)CCOCCNc1cnc(C(C)C)nc1C(=O)O. The fraction of sp³-hybridized carbons (Fsp3) is 0.667. The van der Waals surface area contributed by atoms with Crippen LogP contribution in [0.15, 0.2) is 6.20 Å². The Morgan fingerprint density at radius 3 is 2.62 bits per heavy atom. The number of hydrogen-bond acceptors (Lipinski definition) is 5. The molecule has 0 bridgehead atoms. The minimum Gasteiger partial charge on any atom is -0.476 e. The van der Waals surface area contributed by atoms with Crippen molar-refractivity contribution in [1.82, 2.24) is 9.97 Å². The summed E-state index contributed by atoms with van der Waals surface area (Å²) in [4.78, 5) is 19.5. The number of carboxylic acid groups (broad SMARTS) is 1. The van der Waals surface area contributed by atoms with Crippen molar-refractivity contribution >= 4 is 11.7 Å². The molecule has 118 valence electrons. The van der Waals surface area contributed by atoms with E-state index >= 15 is 0 Å². The molecule has 0 unspecified atom stereocenters. The highest BCUT2D eigenvalue weighted by Gasteiger charge is 2.15. The molecule has 2 N–H and O–H groups in total. The molecular formula is C15H25N3O3. The molecule has 0 aromatic carbocycles. The molecule has 0 saturated heterocycles. The van der Waals surface area contributed by atoms with E-state index < -0.39 is 5.97 Å². The Morgan fingerprint density at radius 1 is 1.33 bits per heavy atom. The van der Waals surface area contributed by atoms with Gasteiger partial charge in [-0.25, -0.2) is 14.8 Å². The third kappa shape index (κ3) is 6.08. The van der Waals surface area contributed by atoms with Crippen LogP contribution in [-0.4, -0.2) is 40.8 Å². The molecule has 0 spiro atoms. The highest BCUT2D eigenvalue weighted by atomic mass is 16.5. The molecule has 0 aliphatic heterocycles. The zero-order chi connectivity index (χ0) is 15.8. The highest BCUT2D eigenvalue weighted by molar-refractivity contribution is 5.91. The molecule has 0 atom stereocenters. The van der Waals surface area contributed by atoms with E-state index in [0.29, 0.717) is 37.2 Å². The van der Waals surface area contributed by atoms with E-state index in [-0.39, 0.29) is 11.6 Å². The summed E-state index contributed by atoms with van der Waals surface area (Å²) in [6.45, 7) is 9.92. The number of carboxylic acids is 1. The fourth-order valence-electron chi connectivity index (χ4n) is 1.64. The predicted molar refractivity (Wildman–Crippen MR) is 81.8 cm³/mol. The van der Waals surface area contributed by atoms with E-state index in [1.807, 2.05) is 13.8 Å². The Balaban J connectivity index is 2.52. The number of rotatable bonds is 9. The van der Waals surface area contributed by atoms with Crippen molar-refractivity contribution < 1.29 is 14.6 Å². The number of nitrogens with one attached hydrogen (secondary N) is 1. The number of carbonyl (C=O) groups is 1. The largest absolute Gasteiger partial charge is 0.476 e. The van der Waals surface area contributed by atoms with Crippen LogP contribution in [0.5, 0.6) is 0 Å². The summed E-state index contributed by atoms with van der Waals surface area (Å²) in [7, 11) is 0. The van der Waals surface area contributed by atoms with E-state index in [0.717, 1.165) is 6.42 Å². The smallest absolute Gasteiger partial charge is 0.356 e. The number of nitrogens with zero attached hydrogens (tertiary/aromatic N) is 2. The molecule has 0 aliphatic carbocycles. The Morgan fingerprint density at radius 2 is 2.05 bits per heavy atom. The number of aromatic carboxylic acids is 1. The lowest BCUT2D eigenvalue weighted by atomic mass is 10.1. The van der Waals surface area contributed by atoms with Crippen LogP contribution < -0.4 is 5.32 Å².